The van der Waals surface area contributed by atoms with Gasteiger partial charge in [-0.3, -0.25) is 14.1 Å². The Morgan fingerprint density at radius 3 is 1.87 bits per heavy atom. The molecule has 288 valence electrons. The summed E-state index contributed by atoms with van der Waals surface area (Å²) in [4.78, 5) is 35.6. The van der Waals surface area contributed by atoms with E-state index in [4.69, 9.17) is 14.0 Å². The zero-order valence-corrected chi connectivity index (χ0v) is 30.9. The van der Waals surface area contributed by atoms with E-state index in [1.54, 1.807) is 32.9 Å². The number of hydrogen-bond acceptors (Lipinski definition) is 12. The molecular formula is C33H40N4O14S2. The van der Waals surface area contributed by atoms with Crippen molar-refractivity contribution in [3.63, 3.8) is 0 Å². The molecule has 0 aromatic carbocycles. The van der Waals surface area contributed by atoms with Crippen molar-refractivity contribution < 1.29 is 66.0 Å². The number of carbonyl (C=O) groups is 2. The Hall–Kier alpha value is -4.96. The smallest absolute Gasteiger partial charge is 0.397 e. The molecule has 0 spiro atoms. The summed E-state index contributed by atoms with van der Waals surface area (Å²) in [5.41, 5.74) is 5.62. The zero-order chi connectivity index (χ0) is 39.4. The molecule has 0 unspecified atom stereocenters. The van der Waals surface area contributed by atoms with Gasteiger partial charge in [0.25, 0.3) is 12.3 Å². The maximum atomic E-state index is 11.7. The van der Waals surface area contributed by atoms with Gasteiger partial charge in [-0.15, -0.1) is 0 Å². The Balaban J connectivity index is 1.87. The van der Waals surface area contributed by atoms with Gasteiger partial charge >= 0.3 is 22.3 Å². The van der Waals surface area contributed by atoms with Crippen molar-refractivity contribution >= 4 is 59.2 Å². The Morgan fingerprint density at radius 2 is 1.38 bits per heavy atom. The van der Waals surface area contributed by atoms with Gasteiger partial charge in [-0.25, -0.2) is 9.44 Å². The third-order valence-electron chi connectivity index (χ3n) is 8.77. The number of aromatic amines is 4. The van der Waals surface area contributed by atoms with Crippen LogP contribution < -0.4 is 21.1 Å². The van der Waals surface area contributed by atoms with Crippen LogP contribution in [0.15, 0.2) is 0 Å². The van der Waals surface area contributed by atoms with Crippen LogP contribution in [0.5, 0.6) is 11.8 Å². The molecule has 0 saturated heterocycles. The Kier molecular flexibility index (Phi) is 12.9. The highest BCUT2D eigenvalue weighted by Crippen LogP contribution is 2.28. The van der Waals surface area contributed by atoms with E-state index in [0.717, 1.165) is 5.56 Å². The number of aliphatic carboxylic acids is 2. The molecule has 10 N–H and O–H groups in total. The summed E-state index contributed by atoms with van der Waals surface area (Å²) in [6.07, 6.45) is 2.17. The minimum absolute atomic E-state index is 0.00234. The molecule has 0 amide bonds. The van der Waals surface area contributed by atoms with Gasteiger partial charge in [0.2, 0.25) is 0 Å². The first-order chi connectivity index (χ1) is 24.8. The van der Waals surface area contributed by atoms with E-state index < -0.39 is 34.3 Å². The van der Waals surface area contributed by atoms with Crippen molar-refractivity contribution in [2.24, 2.45) is 0 Å². The quantitative estimate of drug-likeness (QED) is 0.0241. The predicted octanol–water partition coefficient (Wildman–Crippen LogP) is 2.04. The molecule has 0 radical (unpaired) electrons. The van der Waals surface area contributed by atoms with E-state index in [-0.39, 0.29) is 54.1 Å². The SMILES string of the molecule is C=c1c([C@H](C)OS(=O)(=O)O)c(O)[nH]c1=Cc1[nH]c(Cc2[nH]c(C=c3[nH]c(O)c(C)c3=C(C)OSOOO)c(C)c2CCC(=O)O)c(CCC(=O)O)c1C. The minimum atomic E-state index is -4.84. The molecule has 0 saturated carbocycles. The summed E-state index contributed by atoms with van der Waals surface area (Å²) >= 11 is 0.346. The molecule has 4 aromatic heterocycles. The molecular weight excluding hydrogens is 741 g/mol. The second-order valence-electron chi connectivity index (χ2n) is 12.2. The number of carboxylic acid groups (broad SMARTS) is 2. The van der Waals surface area contributed by atoms with Crippen LogP contribution in [0, 0.1) is 20.8 Å². The van der Waals surface area contributed by atoms with Crippen LogP contribution >= 0.6 is 12.3 Å². The molecule has 0 fully saturated rings. The van der Waals surface area contributed by atoms with Crippen molar-refractivity contribution in [2.75, 3.05) is 0 Å². The normalized spacial score (nSPS) is 13.9. The van der Waals surface area contributed by atoms with E-state index >= 15 is 0 Å². The van der Waals surface area contributed by atoms with Crippen molar-refractivity contribution in [1.29, 1.82) is 0 Å². The minimum Gasteiger partial charge on any atom is -0.494 e. The fourth-order valence-electron chi connectivity index (χ4n) is 6.27. The lowest BCUT2D eigenvalue weighted by Gasteiger charge is -2.08. The van der Waals surface area contributed by atoms with Crippen molar-refractivity contribution in [2.45, 2.75) is 72.8 Å². The van der Waals surface area contributed by atoms with Crippen LogP contribution in [-0.4, -0.2) is 70.5 Å². The highest BCUT2D eigenvalue weighted by atomic mass is 32.3. The van der Waals surface area contributed by atoms with Gasteiger partial charge in [-0.1, -0.05) is 16.0 Å². The second kappa shape index (κ2) is 16.8. The lowest BCUT2D eigenvalue weighted by Crippen LogP contribution is -2.27. The molecule has 4 aromatic rings. The number of hydrogen-bond donors (Lipinski definition) is 10. The standard InChI is InChI=1S/C33H40N4O14S2/c1-14-20(7-9-28(38)39)25(34-22(14)11-24-16(3)31(33(43)36-24)19(6)49-53(45,46)47)13-26-21(8-10-29(40)41)15(2)23(35-26)12-27-30(17(4)32(42)37-27)18(5)48-52-51-50-44/h11-12,19,34-37,42-44H,3,7-10,13H2,1-2,4-6H3,(H,38,39)(H,40,41)(H,45,46,47)/t19-/m0/s1. The Labute approximate surface area is 306 Å². The molecule has 0 aliphatic rings. The van der Waals surface area contributed by atoms with E-state index in [9.17, 15) is 38.4 Å². The van der Waals surface area contributed by atoms with Crippen LogP contribution in [0.2, 0.25) is 0 Å². The fraction of sp³-hybridized carbons (Fsp3) is 0.333. The predicted molar refractivity (Wildman–Crippen MR) is 190 cm³/mol. The van der Waals surface area contributed by atoms with E-state index in [0.29, 0.717) is 73.7 Å². The summed E-state index contributed by atoms with van der Waals surface area (Å²) in [5.74, 6) is -2.29. The molecule has 0 aliphatic carbocycles. The number of aromatic nitrogens is 4. The van der Waals surface area contributed by atoms with Crippen molar-refractivity contribution in [3.8, 4) is 11.8 Å². The zero-order valence-electron chi connectivity index (χ0n) is 29.2. The van der Waals surface area contributed by atoms with Crippen LogP contribution in [0.25, 0.3) is 24.5 Å². The average molecular weight is 781 g/mol. The first kappa shape index (κ1) is 40.8. The molecule has 53 heavy (non-hydrogen) atoms. The third kappa shape index (κ3) is 9.73. The van der Waals surface area contributed by atoms with E-state index in [1.165, 1.54) is 6.92 Å². The Bertz CT molecular complexity index is 2370. The number of rotatable bonds is 17. The van der Waals surface area contributed by atoms with Gasteiger partial charge in [0.05, 0.1) is 16.3 Å². The van der Waals surface area contributed by atoms with Crippen LogP contribution in [0.3, 0.4) is 0 Å². The van der Waals surface area contributed by atoms with Gasteiger partial charge in [0.15, 0.2) is 11.8 Å². The van der Waals surface area contributed by atoms with E-state index in [1.807, 2.05) is 6.92 Å². The molecule has 0 bridgehead atoms. The van der Waals surface area contributed by atoms with Gasteiger partial charge in [-0.2, -0.15) is 8.42 Å². The van der Waals surface area contributed by atoms with E-state index in [2.05, 4.69) is 40.1 Å². The highest BCUT2D eigenvalue weighted by Gasteiger charge is 2.23. The highest BCUT2D eigenvalue weighted by molar-refractivity contribution is 7.90. The molecule has 4 rings (SSSR count). The summed E-state index contributed by atoms with van der Waals surface area (Å²) in [5, 5.41) is 53.5. The molecule has 20 heteroatoms. The van der Waals surface area contributed by atoms with Crippen molar-refractivity contribution in [3.05, 3.63) is 77.3 Å². The first-order valence-electron chi connectivity index (χ1n) is 15.9. The van der Waals surface area contributed by atoms with Gasteiger partial charge in [0, 0.05) is 58.0 Å². The number of carboxylic acids is 2. The molecule has 18 nitrogen and oxygen atoms in total. The molecule has 1 atom stereocenters. The molecule has 4 heterocycles. The number of H-pyrrole nitrogens is 4. The van der Waals surface area contributed by atoms with Crippen molar-refractivity contribution in [1.82, 2.24) is 19.9 Å². The van der Waals surface area contributed by atoms with Crippen LogP contribution in [0.1, 0.15) is 88.9 Å². The fourth-order valence-corrected chi connectivity index (χ4v) is 6.97. The lowest BCUT2D eigenvalue weighted by atomic mass is 9.98. The topological polar surface area (TPSA) is 290 Å². The Morgan fingerprint density at radius 1 is 0.868 bits per heavy atom. The summed E-state index contributed by atoms with van der Waals surface area (Å²) in [7, 11) is -4.84. The van der Waals surface area contributed by atoms with Gasteiger partial charge < -0.3 is 44.5 Å². The first-order valence-corrected chi connectivity index (χ1v) is 17.9. The third-order valence-corrected chi connectivity index (χ3v) is 9.74. The molecule has 0 aliphatic heterocycles. The largest absolute Gasteiger partial charge is 0.494 e. The summed E-state index contributed by atoms with van der Waals surface area (Å²) < 4.78 is 46.0. The van der Waals surface area contributed by atoms with Gasteiger partial charge in [-0.05, 0) is 81.9 Å². The van der Waals surface area contributed by atoms with Crippen LogP contribution in [-0.2, 0) is 57.0 Å². The summed E-state index contributed by atoms with van der Waals surface area (Å²) in [6, 6.07) is 0. The average Bonchev–Trinajstić information content (AvgIpc) is 3.70. The lowest BCUT2D eigenvalue weighted by molar-refractivity contribution is -0.433. The second-order valence-corrected chi connectivity index (χ2v) is 13.7. The number of aromatic hydroxyl groups is 2. The monoisotopic (exact) mass is 780 g/mol. The summed E-state index contributed by atoms with van der Waals surface area (Å²) in [6.45, 7) is 12.1. The maximum absolute atomic E-state index is 11.7. The van der Waals surface area contributed by atoms with Gasteiger partial charge in [0.1, 0.15) is 11.9 Å². The maximum Gasteiger partial charge on any atom is 0.397 e. The van der Waals surface area contributed by atoms with Crippen LogP contribution in [0.4, 0.5) is 0 Å². The number of nitrogens with one attached hydrogen (secondary N) is 4.